The molecule has 132 valence electrons. The maximum absolute atomic E-state index is 12.5. The molecule has 2 N–H and O–H groups in total. The Morgan fingerprint density at radius 2 is 2.17 bits per heavy atom. The summed E-state index contributed by atoms with van der Waals surface area (Å²) < 4.78 is 0. The molecule has 1 aromatic rings. The van der Waals surface area contributed by atoms with Crippen LogP contribution in [-0.4, -0.2) is 23.0 Å². The summed E-state index contributed by atoms with van der Waals surface area (Å²) in [6.07, 6.45) is 7.10. The molecule has 2 aliphatic rings. The van der Waals surface area contributed by atoms with E-state index in [2.05, 4.69) is 27.9 Å². The summed E-state index contributed by atoms with van der Waals surface area (Å²) in [4.78, 5) is 17.0. The van der Waals surface area contributed by atoms with Gasteiger partial charge in [0.15, 0.2) is 0 Å². The monoisotopic (exact) mass is 379 g/mol. The molecule has 1 aliphatic heterocycles. The van der Waals surface area contributed by atoms with Gasteiger partial charge in [-0.2, -0.15) is 0 Å². The lowest BCUT2D eigenvalue weighted by molar-refractivity contribution is -0.123. The number of nitrogens with one attached hydrogen (secondary N) is 2. The largest absolute Gasteiger partial charge is 0.347 e. The van der Waals surface area contributed by atoms with E-state index >= 15 is 0 Å². The first-order valence-corrected chi connectivity index (χ1v) is 9.06. The van der Waals surface area contributed by atoms with Crippen LogP contribution in [0.5, 0.6) is 0 Å². The maximum Gasteiger partial charge on any atom is 0.237 e. The molecule has 0 aromatic carbocycles. The van der Waals surface area contributed by atoms with Gasteiger partial charge in [0.1, 0.15) is 0 Å². The predicted molar refractivity (Wildman–Crippen MR) is 99.8 cm³/mol. The summed E-state index contributed by atoms with van der Waals surface area (Å²) in [5.74, 6) is 0.846. The van der Waals surface area contributed by atoms with Crippen molar-refractivity contribution in [1.29, 1.82) is 0 Å². The third-order valence-corrected chi connectivity index (χ3v) is 5.87. The molecule has 1 saturated heterocycles. The lowest BCUT2D eigenvalue weighted by Gasteiger charge is -2.24. The van der Waals surface area contributed by atoms with Crippen LogP contribution in [0.15, 0.2) is 5.38 Å². The summed E-state index contributed by atoms with van der Waals surface area (Å²) >= 11 is 1.68. The summed E-state index contributed by atoms with van der Waals surface area (Å²) in [6.45, 7) is 4.13. The van der Waals surface area contributed by atoms with Gasteiger partial charge in [-0.25, -0.2) is 4.98 Å². The number of carbonyl (C=O) groups excluding carboxylic acids is 1. The normalized spacial score (nSPS) is 27.3. The van der Waals surface area contributed by atoms with E-state index in [0.717, 1.165) is 23.5 Å². The third-order valence-electron chi connectivity index (χ3n) is 4.85. The van der Waals surface area contributed by atoms with E-state index < -0.39 is 0 Å². The highest BCUT2D eigenvalue weighted by Crippen LogP contribution is 2.33. The Balaban J connectivity index is 0.00000132. The fraction of sp³-hybridized carbons (Fsp3) is 0.750. The molecular weight excluding hydrogens is 353 g/mol. The number of fused-ring (bicyclic) bond motifs is 1. The van der Waals surface area contributed by atoms with E-state index in [1.165, 1.54) is 25.7 Å². The molecule has 4 nitrogen and oxygen atoms in total. The van der Waals surface area contributed by atoms with Crippen molar-refractivity contribution in [3.05, 3.63) is 16.1 Å². The van der Waals surface area contributed by atoms with Crippen molar-refractivity contribution >= 4 is 42.1 Å². The Morgan fingerprint density at radius 1 is 1.43 bits per heavy atom. The van der Waals surface area contributed by atoms with Crippen molar-refractivity contribution in [3.8, 4) is 0 Å². The van der Waals surface area contributed by atoms with Crippen molar-refractivity contribution in [3.63, 3.8) is 0 Å². The molecule has 4 atom stereocenters. The zero-order valence-electron chi connectivity index (χ0n) is 13.7. The number of hydrogen-bond donors (Lipinski definition) is 2. The van der Waals surface area contributed by atoms with Crippen molar-refractivity contribution in [2.45, 2.75) is 70.5 Å². The van der Waals surface area contributed by atoms with Crippen LogP contribution in [0.3, 0.4) is 0 Å². The Labute approximate surface area is 155 Å². The highest BCUT2D eigenvalue weighted by Gasteiger charge is 2.38. The van der Waals surface area contributed by atoms with E-state index in [1.54, 1.807) is 11.3 Å². The third kappa shape index (κ3) is 4.81. The van der Waals surface area contributed by atoms with E-state index in [-0.39, 0.29) is 42.8 Å². The second-order valence-electron chi connectivity index (χ2n) is 6.36. The zero-order chi connectivity index (χ0) is 14.8. The second kappa shape index (κ2) is 9.21. The molecule has 23 heavy (non-hydrogen) atoms. The smallest absolute Gasteiger partial charge is 0.237 e. The molecule has 0 radical (unpaired) electrons. The van der Waals surface area contributed by atoms with Crippen LogP contribution in [0.25, 0.3) is 0 Å². The van der Waals surface area contributed by atoms with Crippen LogP contribution in [0, 0.1) is 5.92 Å². The van der Waals surface area contributed by atoms with Crippen molar-refractivity contribution < 1.29 is 4.79 Å². The summed E-state index contributed by atoms with van der Waals surface area (Å²) in [6, 6.07) is 0.555. The fourth-order valence-corrected chi connectivity index (χ4v) is 4.43. The molecule has 7 heteroatoms. The zero-order valence-corrected chi connectivity index (χ0v) is 16.2. The molecule has 0 bridgehead atoms. The van der Waals surface area contributed by atoms with Gasteiger partial charge in [0.2, 0.25) is 5.91 Å². The molecule has 1 amide bonds. The average molecular weight is 380 g/mol. The number of nitrogens with zero attached hydrogens (tertiary/aromatic N) is 1. The van der Waals surface area contributed by atoms with Gasteiger partial charge in [-0.15, -0.1) is 36.2 Å². The van der Waals surface area contributed by atoms with Crippen LogP contribution < -0.4 is 10.6 Å². The van der Waals surface area contributed by atoms with Crippen molar-refractivity contribution in [1.82, 2.24) is 15.6 Å². The number of aromatic nitrogens is 1. The van der Waals surface area contributed by atoms with Gasteiger partial charge >= 0.3 is 0 Å². The minimum absolute atomic E-state index is 0. The molecule has 0 spiro atoms. The molecule has 4 unspecified atom stereocenters. The van der Waals surface area contributed by atoms with E-state index in [9.17, 15) is 4.79 Å². The van der Waals surface area contributed by atoms with Crippen LogP contribution in [-0.2, 0) is 11.2 Å². The molecular formula is C16H27Cl2N3OS. The first-order valence-electron chi connectivity index (χ1n) is 8.18. The number of rotatable bonds is 4. The molecule has 1 aromatic heterocycles. The van der Waals surface area contributed by atoms with Gasteiger partial charge in [-0.05, 0) is 38.5 Å². The standard InChI is InChI=1S/C16H25N3OS.2ClH/c1-3-15-19-14(9-21-15)10(2)17-16(20)13-8-11-6-4-5-7-12(11)18-13;;/h9-13,18H,3-8H2,1-2H3,(H,17,20);2*1H. The highest BCUT2D eigenvalue weighted by atomic mass is 35.5. The van der Waals surface area contributed by atoms with Gasteiger partial charge in [-0.3, -0.25) is 4.79 Å². The number of hydrogen-bond acceptors (Lipinski definition) is 4. The number of aryl methyl sites for hydroxylation is 1. The average Bonchev–Trinajstić information content (AvgIpc) is 3.13. The first-order chi connectivity index (χ1) is 10.2. The lowest BCUT2D eigenvalue weighted by Crippen LogP contribution is -2.43. The molecule has 2 heterocycles. The second-order valence-corrected chi connectivity index (χ2v) is 7.30. The quantitative estimate of drug-likeness (QED) is 0.839. The molecule has 3 rings (SSSR count). The topological polar surface area (TPSA) is 54.0 Å². The maximum atomic E-state index is 12.5. The highest BCUT2D eigenvalue weighted by molar-refractivity contribution is 7.09. The molecule has 1 saturated carbocycles. The van der Waals surface area contributed by atoms with Gasteiger partial charge in [0, 0.05) is 11.4 Å². The van der Waals surface area contributed by atoms with Gasteiger partial charge in [0.25, 0.3) is 0 Å². The number of carbonyl (C=O) groups is 1. The van der Waals surface area contributed by atoms with Gasteiger partial charge in [0.05, 0.1) is 22.8 Å². The van der Waals surface area contributed by atoms with Crippen molar-refractivity contribution in [2.75, 3.05) is 0 Å². The van der Waals surface area contributed by atoms with Crippen LogP contribution >= 0.6 is 36.2 Å². The Hall–Kier alpha value is -0.360. The predicted octanol–water partition coefficient (Wildman–Crippen LogP) is 3.65. The summed E-state index contributed by atoms with van der Waals surface area (Å²) in [7, 11) is 0. The number of amides is 1. The SMILES string of the molecule is CCc1nc(C(C)NC(=O)C2CC3CCCCC3N2)cs1.Cl.Cl. The van der Waals surface area contributed by atoms with E-state index in [0.29, 0.717) is 12.0 Å². The van der Waals surface area contributed by atoms with E-state index in [4.69, 9.17) is 0 Å². The van der Waals surface area contributed by atoms with Gasteiger partial charge in [-0.1, -0.05) is 19.8 Å². The fourth-order valence-electron chi connectivity index (χ4n) is 3.60. The minimum atomic E-state index is -0.00942. The van der Waals surface area contributed by atoms with Crippen molar-refractivity contribution in [2.24, 2.45) is 5.92 Å². The van der Waals surface area contributed by atoms with E-state index in [1.807, 2.05) is 6.92 Å². The number of thiazole rings is 1. The summed E-state index contributed by atoms with van der Waals surface area (Å²) in [5.41, 5.74) is 0.987. The minimum Gasteiger partial charge on any atom is -0.347 e. The first kappa shape index (κ1) is 20.7. The lowest BCUT2D eigenvalue weighted by atomic mass is 9.85. The number of halogens is 2. The van der Waals surface area contributed by atoms with Crippen LogP contribution in [0.1, 0.15) is 62.7 Å². The van der Waals surface area contributed by atoms with Gasteiger partial charge < -0.3 is 10.6 Å². The summed E-state index contributed by atoms with van der Waals surface area (Å²) in [5, 5.41) is 9.86. The Morgan fingerprint density at radius 3 is 2.83 bits per heavy atom. The Kier molecular flexibility index (Phi) is 8.28. The van der Waals surface area contributed by atoms with Crippen LogP contribution in [0.4, 0.5) is 0 Å². The molecule has 1 aliphatic carbocycles. The Bertz CT molecular complexity index is 497. The molecule has 2 fully saturated rings. The van der Waals surface area contributed by atoms with Crippen LogP contribution in [0.2, 0.25) is 0 Å².